The van der Waals surface area contributed by atoms with Gasteiger partial charge in [0.2, 0.25) is 11.8 Å². The van der Waals surface area contributed by atoms with Gasteiger partial charge in [-0.25, -0.2) is 9.88 Å². The molecule has 27 heavy (non-hydrogen) atoms. The number of para-hydroxylation sites is 1. The summed E-state index contributed by atoms with van der Waals surface area (Å²) in [5.74, 6) is 0.00710. The Balaban J connectivity index is 1.53. The third-order valence-electron chi connectivity index (χ3n) is 5.56. The molecule has 140 valence electrons. The molecule has 0 bridgehead atoms. The van der Waals surface area contributed by atoms with Gasteiger partial charge in [-0.15, -0.1) is 0 Å². The molecule has 1 aliphatic heterocycles. The lowest BCUT2D eigenvalue weighted by molar-refractivity contribution is -0.919. The number of benzene rings is 1. The van der Waals surface area contributed by atoms with Crippen LogP contribution in [-0.4, -0.2) is 39.9 Å². The summed E-state index contributed by atoms with van der Waals surface area (Å²) in [7, 11) is 0. The normalized spacial score (nSPS) is 23.1. The van der Waals surface area contributed by atoms with E-state index in [0.717, 1.165) is 4.90 Å². The fourth-order valence-corrected chi connectivity index (χ4v) is 4.00. The van der Waals surface area contributed by atoms with E-state index in [0.29, 0.717) is 49.3 Å². The lowest BCUT2D eigenvalue weighted by atomic mass is 9.85. The molecule has 1 aliphatic carbocycles. The van der Waals surface area contributed by atoms with Gasteiger partial charge in [-0.05, 0) is 31.9 Å². The quantitative estimate of drug-likeness (QED) is 0.585. The molecule has 0 spiro atoms. The fraction of sp³-hybridized carbons (Fsp3) is 0.400. The van der Waals surface area contributed by atoms with Crippen molar-refractivity contribution in [2.75, 3.05) is 13.2 Å². The molecule has 0 radical (unpaired) electrons. The number of hydrogen-bond donors (Lipinski definition) is 2. The van der Waals surface area contributed by atoms with Crippen LogP contribution in [0.2, 0.25) is 0 Å². The highest BCUT2D eigenvalue weighted by molar-refractivity contribution is 6.05. The smallest absolute Gasteiger partial charge is 0.258 e. The average molecular weight is 367 g/mol. The Hall–Kier alpha value is -2.80. The Labute approximate surface area is 156 Å². The van der Waals surface area contributed by atoms with Gasteiger partial charge in [0.15, 0.2) is 12.5 Å². The molecule has 7 heteroatoms. The van der Waals surface area contributed by atoms with Crippen molar-refractivity contribution in [3.63, 3.8) is 0 Å². The van der Waals surface area contributed by atoms with Gasteiger partial charge in [0.25, 0.3) is 5.56 Å². The third-order valence-corrected chi connectivity index (χ3v) is 5.56. The van der Waals surface area contributed by atoms with Crippen LogP contribution in [0.1, 0.15) is 25.6 Å². The zero-order valence-corrected chi connectivity index (χ0v) is 15.3. The second-order valence-corrected chi connectivity index (χ2v) is 7.23. The van der Waals surface area contributed by atoms with Gasteiger partial charge in [-0.2, -0.15) is 0 Å². The molecule has 1 aromatic carbocycles. The van der Waals surface area contributed by atoms with Crippen LogP contribution in [0, 0.1) is 11.8 Å². The van der Waals surface area contributed by atoms with Crippen LogP contribution in [0.4, 0.5) is 0 Å². The Morgan fingerprint density at radius 1 is 1.11 bits per heavy atom. The molecule has 0 saturated carbocycles. The number of rotatable bonds is 5. The number of nitrogens with one attached hydrogen (secondary N) is 2. The number of aromatic nitrogens is 2. The van der Waals surface area contributed by atoms with E-state index in [4.69, 9.17) is 0 Å². The van der Waals surface area contributed by atoms with Crippen molar-refractivity contribution in [3.8, 4) is 0 Å². The topological polar surface area (TPSA) is 87.6 Å². The number of amides is 2. The number of hydrogen-bond acceptors (Lipinski definition) is 4. The molecule has 2 amide bonds. The van der Waals surface area contributed by atoms with Gasteiger partial charge < -0.3 is 9.88 Å². The minimum Gasteiger partial charge on any atom is -0.311 e. The summed E-state index contributed by atoms with van der Waals surface area (Å²) >= 11 is 0. The van der Waals surface area contributed by atoms with Crippen LogP contribution in [0.15, 0.2) is 41.2 Å². The van der Waals surface area contributed by atoms with E-state index in [9.17, 15) is 14.4 Å². The van der Waals surface area contributed by atoms with Crippen molar-refractivity contribution in [2.24, 2.45) is 11.8 Å². The molecule has 2 heterocycles. The summed E-state index contributed by atoms with van der Waals surface area (Å²) in [5.41, 5.74) is 0.480. The zero-order chi connectivity index (χ0) is 19.0. The summed E-state index contributed by atoms with van der Waals surface area (Å²) in [4.78, 5) is 47.4. The van der Waals surface area contributed by atoms with Crippen molar-refractivity contribution in [3.05, 3.63) is 52.6 Å². The Kier molecular flexibility index (Phi) is 4.61. The van der Waals surface area contributed by atoms with Crippen molar-refractivity contribution in [1.29, 1.82) is 0 Å². The minimum atomic E-state index is -0.209. The molecular formula is C20H23N4O3+. The first-order chi connectivity index (χ1) is 13.1. The SMILES string of the molecule is CC[NH+](Cc1nc2ccccc2c(=O)[nH]1)CN1C(=O)[C@H]2CC=CC[C@H]2C1=O. The number of H-pyrrole nitrogens is 1. The molecule has 1 saturated heterocycles. The maximum atomic E-state index is 12.7. The molecule has 2 aromatic rings. The first kappa shape index (κ1) is 17.6. The van der Waals surface area contributed by atoms with Gasteiger partial charge in [-0.1, -0.05) is 24.3 Å². The number of nitrogens with zero attached hydrogens (tertiary/aromatic N) is 2. The van der Waals surface area contributed by atoms with Crippen molar-refractivity contribution in [1.82, 2.24) is 14.9 Å². The first-order valence-electron chi connectivity index (χ1n) is 9.40. The predicted octanol–water partition coefficient (Wildman–Crippen LogP) is 0.237. The van der Waals surface area contributed by atoms with E-state index < -0.39 is 0 Å². The molecule has 3 atom stereocenters. The summed E-state index contributed by atoms with van der Waals surface area (Å²) < 4.78 is 0. The van der Waals surface area contributed by atoms with E-state index in [-0.39, 0.29) is 29.2 Å². The number of aromatic amines is 1. The molecule has 1 fully saturated rings. The first-order valence-corrected chi connectivity index (χ1v) is 9.40. The fourth-order valence-electron chi connectivity index (χ4n) is 4.00. The highest BCUT2D eigenvalue weighted by Gasteiger charge is 2.48. The van der Waals surface area contributed by atoms with Crippen molar-refractivity contribution < 1.29 is 14.5 Å². The van der Waals surface area contributed by atoms with Gasteiger partial charge in [0.1, 0.15) is 6.54 Å². The van der Waals surface area contributed by atoms with E-state index in [2.05, 4.69) is 9.97 Å². The second kappa shape index (κ2) is 7.08. The minimum absolute atomic E-state index is 0.0692. The van der Waals surface area contributed by atoms with Crippen molar-refractivity contribution in [2.45, 2.75) is 26.3 Å². The average Bonchev–Trinajstić information content (AvgIpc) is 2.92. The number of quaternary nitrogens is 1. The van der Waals surface area contributed by atoms with E-state index in [1.165, 1.54) is 4.90 Å². The number of allylic oxidation sites excluding steroid dienone is 2. The number of carbonyl (C=O) groups is 2. The van der Waals surface area contributed by atoms with Gasteiger partial charge >= 0.3 is 0 Å². The van der Waals surface area contributed by atoms with Crippen LogP contribution in [-0.2, 0) is 16.1 Å². The van der Waals surface area contributed by atoms with Crippen molar-refractivity contribution >= 4 is 22.7 Å². The number of likely N-dealkylation sites (tertiary alicyclic amines) is 1. The Morgan fingerprint density at radius 2 is 1.78 bits per heavy atom. The monoisotopic (exact) mass is 367 g/mol. The highest BCUT2D eigenvalue weighted by Crippen LogP contribution is 2.34. The molecule has 4 rings (SSSR count). The summed E-state index contributed by atoms with van der Waals surface area (Å²) in [6.45, 7) is 3.45. The van der Waals surface area contributed by atoms with Gasteiger partial charge in [0, 0.05) is 0 Å². The molecule has 2 N–H and O–H groups in total. The highest BCUT2D eigenvalue weighted by atomic mass is 16.2. The lowest BCUT2D eigenvalue weighted by Crippen LogP contribution is -3.12. The molecule has 1 unspecified atom stereocenters. The van der Waals surface area contributed by atoms with Crippen LogP contribution < -0.4 is 10.5 Å². The lowest BCUT2D eigenvalue weighted by Gasteiger charge is -2.22. The molecule has 7 nitrogen and oxygen atoms in total. The maximum Gasteiger partial charge on any atom is 0.258 e. The van der Waals surface area contributed by atoms with E-state index in [1.54, 1.807) is 12.1 Å². The second-order valence-electron chi connectivity index (χ2n) is 7.23. The van der Waals surface area contributed by atoms with Crippen LogP contribution in [0.5, 0.6) is 0 Å². The van der Waals surface area contributed by atoms with Gasteiger partial charge in [-0.3, -0.25) is 14.4 Å². The Morgan fingerprint density at radius 3 is 2.44 bits per heavy atom. The van der Waals surface area contributed by atoms with E-state index in [1.807, 2.05) is 31.2 Å². The number of fused-ring (bicyclic) bond motifs is 2. The standard InChI is InChI=1S/C20H22N4O3/c1-2-23(11-17-21-16-10-6-5-9-15(16)18(25)22-17)12-24-19(26)13-7-3-4-8-14(13)20(24)27/h3-6,9-10,13-14H,2,7-8,11-12H2,1H3,(H,21,22,25)/p+1/t13-,14+. The van der Waals surface area contributed by atoms with Crippen LogP contribution in [0.3, 0.4) is 0 Å². The maximum absolute atomic E-state index is 12.7. The molecule has 2 aliphatic rings. The predicted molar refractivity (Wildman–Crippen MR) is 99.6 cm³/mol. The van der Waals surface area contributed by atoms with E-state index >= 15 is 0 Å². The van der Waals surface area contributed by atoms with Crippen LogP contribution in [0.25, 0.3) is 10.9 Å². The Bertz CT molecular complexity index is 955. The molecule has 1 aromatic heterocycles. The van der Waals surface area contributed by atoms with Crippen LogP contribution >= 0.6 is 0 Å². The third kappa shape index (κ3) is 3.19. The molecular weight excluding hydrogens is 344 g/mol. The summed E-state index contributed by atoms with van der Waals surface area (Å²) in [6, 6.07) is 7.21. The summed E-state index contributed by atoms with van der Waals surface area (Å²) in [6.07, 6.45) is 5.27. The number of imide groups is 1. The largest absolute Gasteiger partial charge is 0.311 e. The number of carbonyl (C=O) groups excluding carboxylic acids is 2. The van der Waals surface area contributed by atoms with Gasteiger partial charge in [0.05, 0.1) is 29.3 Å². The zero-order valence-electron chi connectivity index (χ0n) is 15.3. The summed E-state index contributed by atoms with van der Waals surface area (Å²) in [5, 5.41) is 0.556.